The van der Waals surface area contributed by atoms with E-state index >= 15 is 0 Å². The van der Waals surface area contributed by atoms with Gasteiger partial charge in [-0.2, -0.15) is 0 Å². The Labute approximate surface area is 134 Å². The number of amides is 3. The number of ether oxygens (including phenoxy) is 1. The van der Waals surface area contributed by atoms with Crippen molar-refractivity contribution in [2.75, 3.05) is 19.0 Å². The van der Waals surface area contributed by atoms with Gasteiger partial charge >= 0.3 is 0 Å². The number of imide groups is 1. The van der Waals surface area contributed by atoms with Gasteiger partial charge in [-0.15, -0.1) is 0 Å². The molecule has 2 aliphatic rings. The van der Waals surface area contributed by atoms with Gasteiger partial charge in [0, 0.05) is 5.69 Å². The third-order valence-corrected chi connectivity index (χ3v) is 4.27. The maximum absolute atomic E-state index is 12.3. The second-order valence-electron chi connectivity index (χ2n) is 5.70. The minimum atomic E-state index is -0.386. The Morgan fingerprint density at radius 3 is 2.22 bits per heavy atom. The highest BCUT2D eigenvalue weighted by molar-refractivity contribution is 6.08. The standard InChI is InChI=1S/C17H18N2O4/c1-23-12-8-6-11(7-9-12)18-15(20)10-19-16(21)13-4-2-3-5-14(13)17(19)22/h2-3,6-9,13-14H,4-5,10H2,1H3,(H,18,20)/t13-,14-/m0/s1. The number of carbonyl (C=O) groups excluding carboxylic acids is 3. The van der Waals surface area contributed by atoms with Gasteiger partial charge in [-0.1, -0.05) is 12.2 Å². The van der Waals surface area contributed by atoms with Gasteiger partial charge < -0.3 is 10.1 Å². The second kappa shape index (κ2) is 6.24. The molecule has 0 spiro atoms. The normalized spacial score (nSPS) is 22.9. The molecule has 1 aliphatic heterocycles. The fourth-order valence-electron chi connectivity index (χ4n) is 3.04. The average molecular weight is 314 g/mol. The third-order valence-electron chi connectivity index (χ3n) is 4.27. The summed E-state index contributed by atoms with van der Waals surface area (Å²) in [5, 5.41) is 2.69. The second-order valence-corrected chi connectivity index (χ2v) is 5.70. The molecule has 3 rings (SSSR count). The van der Waals surface area contributed by atoms with Crippen LogP contribution < -0.4 is 10.1 Å². The number of anilines is 1. The molecule has 1 aromatic carbocycles. The van der Waals surface area contributed by atoms with Gasteiger partial charge in [0.25, 0.3) is 0 Å². The van der Waals surface area contributed by atoms with Crippen molar-refractivity contribution in [3.63, 3.8) is 0 Å². The number of allylic oxidation sites excluding steroid dienone is 2. The molecule has 23 heavy (non-hydrogen) atoms. The van der Waals surface area contributed by atoms with E-state index in [-0.39, 0.29) is 36.1 Å². The molecule has 1 aliphatic carbocycles. The Hall–Kier alpha value is -2.63. The van der Waals surface area contributed by atoms with Crippen molar-refractivity contribution in [3.8, 4) is 5.75 Å². The van der Waals surface area contributed by atoms with E-state index in [0.717, 1.165) is 4.90 Å². The molecule has 3 amide bonds. The summed E-state index contributed by atoms with van der Waals surface area (Å²) in [6.45, 7) is -0.239. The van der Waals surface area contributed by atoms with Gasteiger partial charge in [-0.05, 0) is 37.1 Å². The Morgan fingerprint density at radius 2 is 1.70 bits per heavy atom. The van der Waals surface area contributed by atoms with Crippen LogP contribution in [0.25, 0.3) is 0 Å². The fraction of sp³-hybridized carbons (Fsp3) is 0.353. The number of fused-ring (bicyclic) bond motifs is 1. The molecule has 0 unspecified atom stereocenters. The molecule has 0 bridgehead atoms. The molecule has 1 N–H and O–H groups in total. The van der Waals surface area contributed by atoms with Gasteiger partial charge in [0.1, 0.15) is 12.3 Å². The first-order valence-electron chi connectivity index (χ1n) is 7.54. The number of hydrogen-bond acceptors (Lipinski definition) is 4. The zero-order chi connectivity index (χ0) is 16.4. The van der Waals surface area contributed by atoms with Crippen molar-refractivity contribution in [3.05, 3.63) is 36.4 Å². The number of likely N-dealkylation sites (tertiary alicyclic amines) is 1. The molecule has 1 heterocycles. The van der Waals surface area contributed by atoms with Crippen LogP contribution >= 0.6 is 0 Å². The molecule has 6 nitrogen and oxygen atoms in total. The van der Waals surface area contributed by atoms with E-state index < -0.39 is 0 Å². The molecule has 1 aromatic rings. The molecule has 1 saturated heterocycles. The van der Waals surface area contributed by atoms with Crippen LogP contribution in [-0.2, 0) is 14.4 Å². The first-order chi connectivity index (χ1) is 11.1. The molecule has 0 radical (unpaired) electrons. The van der Waals surface area contributed by atoms with Gasteiger partial charge in [0.15, 0.2) is 0 Å². The van der Waals surface area contributed by atoms with Crippen LogP contribution in [0, 0.1) is 11.8 Å². The molecule has 0 saturated carbocycles. The van der Waals surface area contributed by atoms with Gasteiger partial charge in [-0.3, -0.25) is 19.3 Å². The number of rotatable bonds is 4. The number of hydrogen-bond donors (Lipinski definition) is 1. The summed E-state index contributed by atoms with van der Waals surface area (Å²) in [6, 6.07) is 6.85. The first kappa shape index (κ1) is 15.3. The SMILES string of the molecule is COc1ccc(NC(=O)CN2C(=O)[C@H]3CC=CC[C@@H]3C2=O)cc1. The Morgan fingerprint density at radius 1 is 1.13 bits per heavy atom. The minimum absolute atomic E-state index is 0.239. The number of nitrogens with one attached hydrogen (secondary N) is 1. The summed E-state index contributed by atoms with van der Waals surface area (Å²) in [7, 11) is 1.56. The quantitative estimate of drug-likeness (QED) is 0.676. The molecule has 1 fully saturated rings. The summed E-state index contributed by atoms with van der Waals surface area (Å²) in [6.07, 6.45) is 5.00. The molecule has 2 atom stereocenters. The van der Waals surface area contributed by atoms with E-state index in [1.807, 2.05) is 12.2 Å². The zero-order valence-corrected chi connectivity index (χ0v) is 12.8. The van der Waals surface area contributed by atoms with Crippen molar-refractivity contribution < 1.29 is 19.1 Å². The highest BCUT2D eigenvalue weighted by Crippen LogP contribution is 2.34. The molecular formula is C17H18N2O4. The number of benzene rings is 1. The summed E-state index contributed by atoms with van der Waals surface area (Å²) < 4.78 is 5.05. The van der Waals surface area contributed by atoms with Crippen LogP contribution in [-0.4, -0.2) is 36.3 Å². The average Bonchev–Trinajstić information content (AvgIpc) is 2.81. The lowest BCUT2D eigenvalue weighted by atomic mass is 9.85. The number of nitrogens with zero attached hydrogens (tertiary/aromatic N) is 1. The fourth-order valence-corrected chi connectivity index (χ4v) is 3.04. The monoisotopic (exact) mass is 314 g/mol. The maximum Gasteiger partial charge on any atom is 0.244 e. The highest BCUT2D eigenvalue weighted by atomic mass is 16.5. The van der Waals surface area contributed by atoms with Crippen LogP contribution in [0.1, 0.15) is 12.8 Å². The summed E-state index contributed by atoms with van der Waals surface area (Å²) >= 11 is 0. The van der Waals surface area contributed by atoms with Crippen LogP contribution in [0.5, 0.6) is 5.75 Å². The molecule has 6 heteroatoms. The van der Waals surface area contributed by atoms with E-state index in [1.165, 1.54) is 0 Å². The van der Waals surface area contributed by atoms with Crippen LogP contribution in [0.4, 0.5) is 5.69 Å². The lowest BCUT2D eigenvalue weighted by Crippen LogP contribution is -2.38. The highest BCUT2D eigenvalue weighted by Gasteiger charge is 2.47. The van der Waals surface area contributed by atoms with Gasteiger partial charge in [0.05, 0.1) is 18.9 Å². The van der Waals surface area contributed by atoms with Crippen molar-refractivity contribution in [2.45, 2.75) is 12.8 Å². The molecule has 0 aromatic heterocycles. The zero-order valence-electron chi connectivity index (χ0n) is 12.8. The summed E-state index contributed by atoms with van der Waals surface area (Å²) in [5.41, 5.74) is 0.592. The van der Waals surface area contributed by atoms with E-state index in [9.17, 15) is 14.4 Å². The van der Waals surface area contributed by atoms with Gasteiger partial charge in [0.2, 0.25) is 17.7 Å². The number of carbonyl (C=O) groups is 3. The van der Waals surface area contributed by atoms with E-state index in [2.05, 4.69) is 5.32 Å². The largest absolute Gasteiger partial charge is 0.497 e. The predicted molar refractivity (Wildman–Crippen MR) is 83.7 cm³/mol. The van der Waals surface area contributed by atoms with Crippen LogP contribution in [0.15, 0.2) is 36.4 Å². The molecule has 120 valence electrons. The summed E-state index contributed by atoms with van der Waals surface area (Å²) in [5.74, 6) is -0.793. The smallest absolute Gasteiger partial charge is 0.244 e. The first-order valence-corrected chi connectivity index (χ1v) is 7.54. The lowest BCUT2D eigenvalue weighted by molar-refractivity contribution is -0.142. The predicted octanol–water partition coefficient (Wildman–Crippen LogP) is 1.58. The Balaban J connectivity index is 1.63. The van der Waals surface area contributed by atoms with Crippen molar-refractivity contribution in [2.24, 2.45) is 11.8 Å². The van der Waals surface area contributed by atoms with E-state index in [0.29, 0.717) is 24.3 Å². The van der Waals surface area contributed by atoms with E-state index in [4.69, 9.17) is 4.74 Å². The maximum atomic E-state index is 12.3. The molecular weight excluding hydrogens is 296 g/mol. The van der Waals surface area contributed by atoms with Crippen molar-refractivity contribution in [1.82, 2.24) is 4.90 Å². The Kier molecular flexibility index (Phi) is 4.14. The number of methoxy groups -OCH3 is 1. The topological polar surface area (TPSA) is 75.7 Å². The van der Waals surface area contributed by atoms with Crippen LogP contribution in [0.3, 0.4) is 0 Å². The summed E-state index contributed by atoms with van der Waals surface area (Å²) in [4.78, 5) is 37.8. The lowest BCUT2D eigenvalue weighted by Gasteiger charge is -2.14. The van der Waals surface area contributed by atoms with Crippen molar-refractivity contribution in [1.29, 1.82) is 0 Å². The minimum Gasteiger partial charge on any atom is -0.497 e. The Bertz CT molecular complexity index is 640. The van der Waals surface area contributed by atoms with Crippen LogP contribution in [0.2, 0.25) is 0 Å². The van der Waals surface area contributed by atoms with Gasteiger partial charge in [-0.25, -0.2) is 0 Å². The third kappa shape index (κ3) is 2.97. The van der Waals surface area contributed by atoms with Crippen molar-refractivity contribution >= 4 is 23.4 Å². The van der Waals surface area contributed by atoms with E-state index in [1.54, 1.807) is 31.4 Å².